The highest BCUT2D eigenvalue weighted by Crippen LogP contribution is 2.54. The summed E-state index contributed by atoms with van der Waals surface area (Å²) in [6, 6.07) is 11.7. The molecule has 2 atom stereocenters. The van der Waals surface area contributed by atoms with Crippen LogP contribution in [0.2, 0.25) is 0 Å². The molecule has 0 amide bonds. The summed E-state index contributed by atoms with van der Waals surface area (Å²) < 4.78 is 4.95. The van der Waals surface area contributed by atoms with Gasteiger partial charge in [-0.15, -0.1) is 0 Å². The van der Waals surface area contributed by atoms with Gasteiger partial charge in [0.1, 0.15) is 0 Å². The van der Waals surface area contributed by atoms with Crippen LogP contribution in [0.25, 0.3) is 0 Å². The number of benzene rings is 1. The zero-order valence-corrected chi connectivity index (χ0v) is 9.14. The van der Waals surface area contributed by atoms with E-state index in [1.807, 2.05) is 30.3 Å². The van der Waals surface area contributed by atoms with Gasteiger partial charge in [-0.2, -0.15) is 5.26 Å². The summed E-state index contributed by atoms with van der Waals surface area (Å²) in [5.74, 6) is -0.548. The van der Waals surface area contributed by atoms with E-state index in [4.69, 9.17) is 4.74 Å². The molecule has 3 nitrogen and oxygen atoms in total. The van der Waals surface area contributed by atoms with Gasteiger partial charge in [-0.25, -0.2) is 0 Å². The summed E-state index contributed by atoms with van der Waals surface area (Å²) in [5, 5.41) is 9.24. The Morgan fingerprint density at radius 2 is 2.25 bits per heavy atom. The molecule has 0 aliphatic heterocycles. The molecule has 82 valence electrons. The Morgan fingerprint density at radius 3 is 2.81 bits per heavy atom. The minimum Gasteiger partial charge on any atom is -0.466 e. The molecule has 1 aliphatic rings. The molecule has 1 aromatic carbocycles. The Kier molecular flexibility index (Phi) is 2.66. The van der Waals surface area contributed by atoms with Crippen LogP contribution in [0.15, 0.2) is 30.3 Å². The molecule has 0 heterocycles. The van der Waals surface area contributed by atoms with Crippen LogP contribution in [0.5, 0.6) is 0 Å². The SMILES string of the molecule is CCOC(=O)C1CC1(C#N)c1ccccc1. The standard InChI is InChI=1S/C13H13NO2/c1-2-16-12(15)11-8-13(11,9-14)10-6-4-3-5-7-10/h3-7,11H,2,8H2,1H3. The van der Waals surface area contributed by atoms with Crippen LogP contribution in [0.1, 0.15) is 18.9 Å². The van der Waals surface area contributed by atoms with Gasteiger partial charge >= 0.3 is 5.97 Å². The maximum atomic E-state index is 11.6. The maximum absolute atomic E-state index is 11.6. The molecular weight excluding hydrogens is 202 g/mol. The number of esters is 1. The third kappa shape index (κ3) is 1.57. The van der Waals surface area contributed by atoms with Crippen molar-refractivity contribution in [1.29, 1.82) is 5.26 Å². The van der Waals surface area contributed by atoms with Crippen molar-refractivity contribution >= 4 is 5.97 Å². The highest BCUT2D eigenvalue weighted by atomic mass is 16.5. The molecule has 3 heteroatoms. The molecule has 1 aliphatic carbocycles. The minimum absolute atomic E-state index is 0.257. The van der Waals surface area contributed by atoms with E-state index in [1.165, 1.54) is 0 Å². The number of ether oxygens (including phenoxy) is 1. The summed E-state index contributed by atoms with van der Waals surface area (Å²) in [6.45, 7) is 2.14. The van der Waals surface area contributed by atoms with E-state index in [0.29, 0.717) is 13.0 Å². The first-order valence-corrected chi connectivity index (χ1v) is 5.38. The Labute approximate surface area is 94.6 Å². The molecule has 0 saturated heterocycles. The zero-order valence-electron chi connectivity index (χ0n) is 9.14. The fourth-order valence-corrected chi connectivity index (χ4v) is 2.03. The topological polar surface area (TPSA) is 50.1 Å². The van der Waals surface area contributed by atoms with Gasteiger partial charge < -0.3 is 4.74 Å². The van der Waals surface area contributed by atoms with Crippen LogP contribution in [-0.2, 0) is 14.9 Å². The second-order valence-corrected chi connectivity index (χ2v) is 3.96. The first kappa shape index (κ1) is 10.7. The van der Waals surface area contributed by atoms with Crippen molar-refractivity contribution in [2.75, 3.05) is 6.61 Å². The third-order valence-corrected chi connectivity index (χ3v) is 3.02. The van der Waals surface area contributed by atoms with Crippen LogP contribution >= 0.6 is 0 Å². The number of nitriles is 1. The number of hydrogen-bond donors (Lipinski definition) is 0. The summed E-state index contributed by atoms with van der Waals surface area (Å²) in [4.78, 5) is 11.6. The maximum Gasteiger partial charge on any atom is 0.310 e. The van der Waals surface area contributed by atoms with E-state index in [9.17, 15) is 10.1 Å². The first-order chi connectivity index (χ1) is 7.74. The molecule has 0 spiro atoms. The molecule has 1 fully saturated rings. The number of nitrogens with zero attached hydrogens (tertiary/aromatic N) is 1. The number of carbonyl (C=O) groups excluding carboxylic acids is 1. The normalized spacial score (nSPS) is 26.9. The minimum atomic E-state index is -0.645. The van der Waals surface area contributed by atoms with Crippen LogP contribution in [0, 0.1) is 17.2 Å². The summed E-state index contributed by atoms with van der Waals surface area (Å²) in [6.07, 6.45) is 0.576. The fraction of sp³-hybridized carbons (Fsp3) is 0.385. The van der Waals surface area contributed by atoms with Gasteiger partial charge in [-0.05, 0) is 18.9 Å². The molecule has 16 heavy (non-hydrogen) atoms. The quantitative estimate of drug-likeness (QED) is 0.725. The summed E-state index contributed by atoms with van der Waals surface area (Å²) in [7, 11) is 0. The van der Waals surface area contributed by atoms with Gasteiger partial charge in [0, 0.05) is 0 Å². The van der Waals surface area contributed by atoms with Crippen LogP contribution in [0.3, 0.4) is 0 Å². The lowest BCUT2D eigenvalue weighted by Gasteiger charge is -2.08. The average molecular weight is 215 g/mol. The van der Waals surface area contributed by atoms with Crippen molar-refractivity contribution in [3.63, 3.8) is 0 Å². The predicted octanol–water partition coefficient (Wildman–Crippen LogP) is 2.03. The molecule has 0 bridgehead atoms. The number of rotatable bonds is 3. The lowest BCUT2D eigenvalue weighted by atomic mass is 9.95. The van der Waals surface area contributed by atoms with Crippen LogP contribution in [0.4, 0.5) is 0 Å². The lowest BCUT2D eigenvalue weighted by molar-refractivity contribution is -0.145. The van der Waals surface area contributed by atoms with Gasteiger partial charge in [-0.3, -0.25) is 4.79 Å². The molecule has 2 unspecified atom stereocenters. The van der Waals surface area contributed by atoms with Gasteiger partial charge in [0.15, 0.2) is 0 Å². The highest BCUT2D eigenvalue weighted by Gasteiger charge is 2.61. The molecule has 0 N–H and O–H groups in total. The summed E-state index contributed by atoms with van der Waals surface area (Å²) >= 11 is 0. The molecule has 2 rings (SSSR count). The Balaban J connectivity index is 2.21. The van der Waals surface area contributed by atoms with Gasteiger partial charge in [0.2, 0.25) is 0 Å². The summed E-state index contributed by atoms with van der Waals surface area (Å²) in [5.41, 5.74) is 0.267. The molecule has 0 radical (unpaired) electrons. The predicted molar refractivity (Wildman–Crippen MR) is 58.5 cm³/mol. The second kappa shape index (κ2) is 3.97. The first-order valence-electron chi connectivity index (χ1n) is 5.38. The highest BCUT2D eigenvalue weighted by molar-refractivity contribution is 5.80. The van der Waals surface area contributed by atoms with Crippen molar-refractivity contribution in [1.82, 2.24) is 0 Å². The number of hydrogen-bond acceptors (Lipinski definition) is 3. The monoisotopic (exact) mass is 215 g/mol. The van der Waals surface area contributed by atoms with E-state index >= 15 is 0 Å². The molecule has 1 aromatic rings. The zero-order chi connectivity index (χ0) is 11.6. The van der Waals surface area contributed by atoms with Gasteiger partial charge in [0.25, 0.3) is 0 Å². The van der Waals surface area contributed by atoms with Crippen molar-refractivity contribution in [2.45, 2.75) is 18.8 Å². The molecular formula is C13H13NO2. The average Bonchev–Trinajstić information content (AvgIpc) is 3.07. The second-order valence-electron chi connectivity index (χ2n) is 3.96. The molecule has 0 aromatic heterocycles. The molecule has 1 saturated carbocycles. The van der Waals surface area contributed by atoms with Crippen molar-refractivity contribution in [2.24, 2.45) is 5.92 Å². The van der Waals surface area contributed by atoms with Crippen LogP contribution < -0.4 is 0 Å². The Hall–Kier alpha value is -1.82. The van der Waals surface area contributed by atoms with E-state index < -0.39 is 5.41 Å². The van der Waals surface area contributed by atoms with E-state index in [0.717, 1.165) is 5.56 Å². The number of carbonyl (C=O) groups is 1. The van der Waals surface area contributed by atoms with Gasteiger partial charge in [0.05, 0.1) is 24.0 Å². The van der Waals surface area contributed by atoms with Crippen molar-refractivity contribution < 1.29 is 9.53 Å². The third-order valence-electron chi connectivity index (χ3n) is 3.02. The van der Waals surface area contributed by atoms with Crippen molar-refractivity contribution in [3.05, 3.63) is 35.9 Å². The largest absolute Gasteiger partial charge is 0.466 e. The smallest absolute Gasteiger partial charge is 0.310 e. The Morgan fingerprint density at radius 1 is 1.56 bits per heavy atom. The van der Waals surface area contributed by atoms with E-state index in [-0.39, 0.29) is 11.9 Å². The van der Waals surface area contributed by atoms with E-state index in [1.54, 1.807) is 6.92 Å². The Bertz CT molecular complexity index is 435. The fourth-order valence-electron chi connectivity index (χ4n) is 2.03. The van der Waals surface area contributed by atoms with Gasteiger partial charge in [-0.1, -0.05) is 30.3 Å². The van der Waals surface area contributed by atoms with Crippen molar-refractivity contribution in [3.8, 4) is 6.07 Å². The lowest BCUT2D eigenvalue weighted by Crippen LogP contribution is -2.15. The van der Waals surface area contributed by atoms with E-state index in [2.05, 4.69) is 6.07 Å². The van der Waals surface area contributed by atoms with Crippen LogP contribution in [-0.4, -0.2) is 12.6 Å².